The van der Waals surface area contributed by atoms with Gasteiger partial charge >= 0.3 is 0 Å². The molecule has 3 heteroatoms. The summed E-state index contributed by atoms with van der Waals surface area (Å²) in [6, 6.07) is 2.95. The summed E-state index contributed by atoms with van der Waals surface area (Å²) in [4.78, 5) is 3.23. The van der Waals surface area contributed by atoms with E-state index in [4.69, 9.17) is 0 Å². The van der Waals surface area contributed by atoms with Gasteiger partial charge in [-0.25, -0.2) is 4.98 Å². The molecule has 0 aromatic carbocycles. The highest BCUT2D eigenvalue weighted by Gasteiger charge is 1.97. The van der Waals surface area contributed by atoms with E-state index in [9.17, 15) is 4.39 Å². The molecule has 0 spiro atoms. The minimum Gasteiger partial charge on any atom is -0.492 e. The molecule has 0 aliphatic heterocycles. The molecule has 1 radical (unpaired) electrons. The number of hydrogen-bond acceptors (Lipinski definition) is 2. The van der Waals surface area contributed by atoms with Crippen LogP contribution in [-0.4, -0.2) is 12.1 Å². The molecule has 0 aliphatic rings. The van der Waals surface area contributed by atoms with Crippen LogP contribution in [-0.2, 0) is 0 Å². The van der Waals surface area contributed by atoms with Crippen molar-refractivity contribution < 1.29 is 9.13 Å². The van der Waals surface area contributed by atoms with Crippen LogP contribution in [0.1, 0.15) is 0 Å². The minimum absolute atomic E-state index is 0.147. The van der Waals surface area contributed by atoms with E-state index in [0.29, 0.717) is 0 Å². The van der Waals surface area contributed by atoms with Crippen molar-refractivity contribution in [3.63, 3.8) is 0 Å². The van der Waals surface area contributed by atoms with Crippen molar-refractivity contribution in [2.24, 2.45) is 0 Å². The van der Waals surface area contributed by atoms with Gasteiger partial charge < -0.3 is 4.74 Å². The van der Waals surface area contributed by atoms with Gasteiger partial charge in [-0.1, -0.05) is 0 Å². The summed E-state index contributed by atoms with van der Waals surface area (Å²) in [5, 5.41) is 0. The molecular weight excluding hydrogens is 121 g/mol. The molecular formula is C6H5FNO. The predicted octanol–water partition coefficient (Wildman–Crippen LogP) is 1.03. The molecule has 9 heavy (non-hydrogen) atoms. The molecule has 0 aliphatic carbocycles. The summed E-state index contributed by atoms with van der Waals surface area (Å²) in [6.45, 7) is 0. The minimum atomic E-state index is -0.625. The van der Waals surface area contributed by atoms with Crippen LogP contribution in [0.3, 0.4) is 0 Å². The second-order valence-electron chi connectivity index (χ2n) is 1.43. The van der Waals surface area contributed by atoms with Crippen LogP contribution in [0.2, 0.25) is 0 Å². The maximum absolute atomic E-state index is 12.3. The van der Waals surface area contributed by atoms with Gasteiger partial charge in [0.1, 0.15) is 0 Å². The third kappa shape index (κ3) is 1.16. The average Bonchev–Trinajstić information content (AvgIpc) is 1.89. The Kier molecular flexibility index (Phi) is 1.63. The molecule has 1 aromatic heterocycles. The van der Waals surface area contributed by atoms with E-state index in [1.807, 2.05) is 0 Å². The Labute approximate surface area is 52.3 Å². The van der Waals surface area contributed by atoms with Crippen LogP contribution < -0.4 is 4.74 Å². The Hall–Kier alpha value is -1.12. The van der Waals surface area contributed by atoms with Gasteiger partial charge in [0.25, 0.3) is 5.95 Å². The summed E-state index contributed by atoms with van der Waals surface area (Å²) < 4.78 is 16.9. The van der Waals surface area contributed by atoms with Crippen molar-refractivity contribution in [1.82, 2.24) is 4.98 Å². The lowest BCUT2D eigenvalue weighted by Crippen LogP contribution is -1.89. The lowest BCUT2D eigenvalue weighted by molar-refractivity contribution is 0.377. The zero-order chi connectivity index (χ0) is 6.69. The summed E-state index contributed by atoms with van der Waals surface area (Å²) in [5.41, 5.74) is 0. The number of methoxy groups -OCH3 is 1. The number of nitrogens with zero attached hydrogens (tertiary/aromatic N) is 1. The first-order valence-corrected chi connectivity index (χ1v) is 2.41. The van der Waals surface area contributed by atoms with Crippen LogP contribution in [0.25, 0.3) is 0 Å². The molecule has 0 amide bonds. The molecule has 0 fully saturated rings. The van der Waals surface area contributed by atoms with Gasteiger partial charge in [-0.3, -0.25) is 0 Å². The number of hydrogen-bond donors (Lipinski definition) is 0. The van der Waals surface area contributed by atoms with Crippen molar-refractivity contribution in [3.8, 4) is 5.75 Å². The van der Waals surface area contributed by atoms with E-state index in [1.165, 1.54) is 19.2 Å². The van der Waals surface area contributed by atoms with E-state index < -0.39 is 5.95 Å². The van der Waals surface area contributed by atoms with Gasteiger partial charge in [0.15, 0.2) is 5.75 Å². The monoisotopic (exact) mass is 126 g/mol. The molecule has 0 unspecified atom stereocenters. The highest BCUT2D eigenvalue weighted by Crippen LogP contribution is 2.10. The predicted molar refractivity (Wildman–Crippen MR) is 29.6 cm³/mol. The molecule has 1 aromatic rings. The van der Waals surface area contributed by atoms with Crippen LogP contribution in [0.4, 0.5) is 4.39 Å². The van der Waals surface area contributed by atoms with Crippen molar-refractivity contribution >= 4 is 0 Å². The fraction of sp³-hybridized carbons (Fsp3) is 0.167. The second-order valence-corrected chi connectivity index (χ2v) is 1.43. The van der Waals surface area contributed by atoms with Crippen LogP contribution >= 0.6 is 0 Å². The fourth-order valence-corrected chi connectivity index (χ4v) is 0.483. The lowest BCUT2D eigenvalue weighted by Gasteiger charge is -1.96. The van der Waals surface area contributed by atoms with Gasteiger partial charge in [-0.05, 0) is 12.1 Å². The first kappa shape index (κ1) is 6.01. The van der Waals surface area contributed by atoms with Gasteiger partial charge in [-0.15, -0.1) is 0 Å². The lowest BCUT2D eigenvalue weighted by atomic mass is 10.4. The molecule has 0 atom stereocenters. The number of aromatic nitrogens is 1. The van der Waals surface area contributed by atoms with Gasteiger partial charge in [0.05, 0.1) is 13.3 Å². The molecule has 47 valence electrons. The van der Waals surface area contributed by atoms with Crippen LogP contribution in [0, 0.1) is 12.1 Å². The Morgan fingerprint density at radius 2 is 2.56 bits per heavy atom. The highest BCUT2D eigenvalue weighted by molar-refractivity contribution is 5.16. The van der Waals surface area contributed by atoms with E-state index in [2.05, 4.69) is 15.9 Å². The van der Waals surface area contributed by atoms with Gasteiger partial charge in [0, 0.05) is 0 Å². The van der Waals surface area contributed by atoms with Crippen molar-refractivity contribution in [2.45, 2.75) is 0 Å². The Morgan fingerprint density at radius 3 is 3.00 bits per heavy atom. The zero-order valence-electron chi connectivity index (χ0n) is 4.89. The molecule has 1 heterocycles. The maximum Gasteiger partial charge on any atom is 0.255 e. The maximum atomic E-state index is 12.3. The quantitative estimate of drug-likeness (QED) is 0.524. The molecule has 0 saturated heterocycles. The fourth-order valence-electron chi connectivity index (χ4n) is 0.483. The average molecular weight is 126 g/mol. The first-order valence-electron chi connectivity index (χ1n) is 2.41. The van der Waals surface area contributed by atoms with Crippen LogP contribution in [0.15, 0.2) is 12.1 Å². The van der Waals surface area contributed by atoms with Gasteiger partial charge in [-0.2, -0.15) is 4.39 Å². The number of ether oxygens (including phenoxy) is 1. The van der Waals surface area contributed by atoms with E-state index in [-0.39, 0.29) is 5.75 Å². The van der Waals surface area contributed by atoms with Crippen LogP contribution in [0.5, 0.6) is 5.75 Å². The number of halogens is 1. The Balaban J connectivity index is 3.01. The normalized spacial score (nSPS) is 9.11. The van der Waals surface area contributed by atoms with E-state index in [0.717, 1.165) is 0 Å². The standard InChI is InChI=1S/C6H5FNO/c1-9-5-3-2-4-8-6(5)7/h2-3H,1H3. The summed E-state index contributed by atoms with van der Waals surface area (Å²) in [5.74, 6) is -0.478. The number of rotatable bonds is 1. The van der Waals surface area contributed by atoms with Crippen molar-refractivity contribution in [2.75, 3.05) is 7.11 Å². The largest absolute Gasteiger partial charge is 0.492 e. The second kappa shape index (κ2) is 2.44. The van der Waals surface area contributed by atoms with Crippen molar-refractivity contribution in [3.05, 3.63) is 24.3 Å². The third-order valence-electron chi connectivity index (χ3n) is 0.895. The zero-order valence-corrected chi connectivity index (χ0v) is 4.89. The Morgan fingerprint density at radius 1 is 1.78 bits per heavy atom. The highest BCUT2D eigenvalue weighted by atomic mass is 19.1. The molecule has 0 bridgehead atoms. The third-order valence-corrected chi connectivity index (χ3v) is 0.895. The van der Waals surface area contributed by atoms with E-state index in [1.54, 1.807) is 0 Å². The molecule has 2 nitrogen and oxygen atoms in total. The first-order chi connectivity index (χ1) is 4.34. The SMILES string of the molecule is COc1cc[c]nc1F. The summed E-state index contributed by atoms with van der Waals surface area (Å²) in [7, 11) is 1.39. The smallest absolute Gasteiger partial charge is 0.255 e. The van der Waals surface area contributed by atoms with Crippen molar-refractivity contribution in [1.29, 1.82) is 0 Å². The van der Waals surface area contributed by atoms with E-state index >= 15 is 0 Å². The Bertz CT molecular complexity index is 202. The van der Waals surface area contributed by atoms with Gasteiger partial charge in [0.2, 0.25) is 0 Å². The topological polar surface area (TPSA) is 22.1 Å². The molecule has 0 saturated carbocycles. The summed E-state index contributed by atoms with van der Waals surface area (Å²) >= 11 is 0. The number of pyridine rings is 1. The molecule has 0 N–H and O–H groups in total. The molecule has 1 rings (SSSR count). The summed E-state index contributed by atoms with van der Waals surface area (Å²) in [6.07, 6.45) is 2.33.